The number of carbonyl (C=O) groups excluding carboxylic acids is 1. The van der Waals surface area contributed by atoms with Crippen LogP contribution in [0.1, 0.15) is 34.8 Å². The van der Waals surface area contributed by atoms with Gasteiger partial charge in [-0.1, -0.05) is 0 Å². The lowest BCUT2D eigenvalue weighted by molar-refractivity contribution is 0.0712. The number of nitrogens with zero attached hydrogens (tertiary/aromatic N) is 8. The zero-order chi connectivity index (χ0) is 20.4. The van der Waals surface area contributed by atoms with E-state index in [0.29, 0.717) is 30.2 Å². The highest BCUT2D eigenvalue weighted by Gasteiger charge is 2.27. The first kappa shape index (κ1) is 19.0. The molecule has 0 spiro atoms. The third-order valence-corrected chi connectivity index (χ3v) is 5.14. The molecule has 0 unspecified atom stereocenters. The van der Waals surface area contributed by atoms with Crippen molar-refractivity contribution in [3.63, 3.8) is 0 Å². The summed E-state index contributed by atoms with van der Waals surface area (Å²) in [5.41, 5.74) is 2.27. The maximum absolute atomic E-state index is 12.7. The van der Waals surface area contributed by atoms with Crippen molar-refractivity contribution >= 4 is 11.7 Å². The lowest BCUT2D eigenvalue weighted by Gasteiger charge is -2.32. The number of aromatic nitrogens is 6. The fourth-order valence-corrected chi connectivity index (χ4v) is 3.51. The Morgan fingerprint density at radius 2 is 1.93 bits per heavy atom. The van der Waals surface area contributed by atoms with Crippen molar-refractivity contribution in [2.75, 3.05) is 32.1 Å². The first-order valence-corrected chi connectivity index (χ1v) is 9.62. The molecule has 3 aromatic heterocycles. The highest BCUT2D eigenvalue weighted by atomic mass is 16.2. The zero-order valence-electron chi connectivity index (χ0n) is 16.9. The van der Waals surface area contributed by atoms with Crippen LogP contribution in [-0.2, 0) is 7.05 Å². The number of hydrogen-bond acceptors (Lipinski definition) is 7. The fourth-order valence-electron chi connectivity index (χ4n) is 3.51. The summed E-state index contributed by atoms with van der Waals surface area (Å²) in [5, 5.41) is 4.10. The van der Waals surface area contributed by atoms with Crippen LogP contribution in [0.3, 0.4) is 0 Å². The Morgan fingerprint density at radius 1 is 1.14 bits per heavy atom. The summed E-state index contributed by atoms with van der Waals surface area (Å²) >= 11 is 0. The van der Waals surface area contributed by atoms with Crippen LogP contribution in [0, 0.1) is 0 Å². The Bertz CT molecular complexity index is 993. The van der Waals surface area contributed by atoms with Crippen LogP contribution in [-0.4, -0.2) is 67.7 Å². The molecule has 0 aromatic carbocycles. The van der Waals surface area contributed by atoms with Crippen molar-refractivity contribution < 1.29 is 4.79 Å². The van der Waals surface area contributed by atoms with E-state index in [4.69, 9.17) is 4.98 Å². The third-order valence-electron chi connectivity index (χ3n) is 5.14. The quantitative estimate of drug-likeness (QED) is 0.668. The molecule has 4 heterocycles. The molecule has 4 rings (SSSR count). The number of anilines is 1. The van der Waals surface area contributed by atoms with Crippen molar-refractivity contribution in [2.45, 2.75) is 18.8 Å². The Hall–Kier alpha value is -3.36. The highest BCUT2D eigenvalue weighted by molar-refractivity contribution is 5.93. The standard InChI is InChI=1S/C20H24N8O/c1-26(2)18-10-16(24-19(25-18)17-12-21-6-7-22-17)14-4-8-28(9-5-14)20(29)15-11-23-27(3)13-15/h6-7,10-14H,4-5,8-9H2,1-3H3. The molecular weight excluding hydrogens is 368 g/mol. The van der Waals surface area contributed by atoms with Gasteiger partial charge in [-0.2, -0.15) is 5.10 Å². The lowest BCUT2D eigenvalue weighted by atomic mass is 9.92. The maximum Gasteiger partial charge on any atom is 0.257 e. The van der Waals surface area contributed by atoms with E-state index in [1.54, 1.807) is 35.7 Å². The topological polar surface area (TPSA) is 92.9 Å². The number of hydrogen-bond donors (Lipinski definition) is 0. The molecule has 150 valence electrons. The minimum absolute atomic E-state index is 0.0356. The van der Waals surface area contributed by atoms with Gasteiger partial charge in [0.05, 0.1) is 18.0 Å². The number of piperidine rings is 1. The number of rotatable bonds is 4. The SMILES string of the molecule is CN(C)c1cc(C2CCN(C(=O)c3cnn(C)c3)CC2)nc(-c2cnccn2)n1. The molecule has 1 amide bonds. The molecule has 9 nitrogen and oxygen atoms in total. The number of likely N-dealkylation sites (tertiary alicyclic amines) is 1. The maximum atomic E-state index is 12.7. The molecule has 0 radical (unpaired) electrons. The first-order valence-electron chi connectivity index (χ1n) is 9.62. The van der Waals surface area contributed by atoms with Crippen molar-refractivity contribution in [2.24, 2.45) is 7.05 Å². The summed E-state index contributed by atoms with van der Waals surface area (Å²) in [4.78, 5) is 34.4. The molecule has 0 aliphatic carbocycles. The molecule has 1 aliphatic heterocycles. The van der Waals surface area contributed by atoms with Gasteiger partial charge in [0.1, 0.15) is 11.5 Å². The van der Waals surface area contributed by atoms with E-state index in [1.165, 1.54) is 0 Å². The van der Waals surface area contributed by atoms with Crippen molar-refractivity contribution in [3.8, 4) is 11.5 Å². The monoisotopic (exact) mass is 392 g/mol. The third kappa shape index (κ3) is 4.08. The first-order chi connectivity index (χ1) is 14.0. The average Bonchev–Trinajstić information content (AvgIpc) is 3.20. The second-order valence-corrected chi connectivity index (χ2v) is 7.43. The molecule has 1 aliphatic rings. The molecule has 9 heteroatoms. The predicted octanol–water partition coefficient (Wildman–Crippen LogP) is 1.75. The van der Waals surface area contributed by atoms with Crippen LogP contribution in [0.15, 0.2) is 37.1 Å². The van der Waals surface area contributed by atoms with E-state index in [-0.39, 0.29) is 11.8 Å². The molecule has 0 saturated carbocycles. The van der Waals surface area contributed by atoms with Crippen LogP contribution < -0.4 is 4.90 Å². The minimum Gasteiger partial charge on any atom is -0.363 e. The fraction of sp³-hybridized carbons (Fsp3) is 0.400. The van der Waals surface area contributed by atoms with Crippen LogP contribution in [0.4, 0.5) is 5.82 Å². The molecule has 3 aromatic rings. The summed E-state index contributed by atoms with van der Waals surface area (Å²) in [6, 6.07) is 2.03. The smallest absolute Gasteiger partial charge is 0.257 e. The van der Waals surface area contributed by atoms with Crippen LogP contribution in [0.5, 0.6) is 0 Å². The van der Waals surface area contributed by atoms with Gasteiger partial charge in [-0.25, -0.2) is 15.0 Å². The van der Waals surface area contributed by atoms with E-state index in [9.17, 15) is 4.79 Å². The van der Waals surface area contributed by atoms with Crippen molar-refractivity contribution in [3.05, 3.63) is 48.3 Å². The van der Waals surface area contributed by atoms with Gasteiger partial charge in [-0.15, -0.1) is 0 Å². The van der Waals surface area contributed by atoms with Gasteiger partial charge in [-0.05, 0) is 12.8 Å². The summed E-state index contributed by atoms with van der Waals surface area (Å²) in [7, 11) is 5.73. The van der Waals surface area contributed by atoms with Gasteiger partial charge in [0.2, 0.25) is 0 Å². The second-order valence-electron chi connectivity index (χ2n) is 7.43. The van der Waals surface area contributed by atoms with Gasteiger partial charge in [0.25, 0.3) is 5.91 Å². The molecule has 29 heavy (non-hydrogen) atoms. The van der Waals surface area contributed by atoms with E-state index in [2.05, 4.69) is 20.1 Å². The summed E-state index contributed by atoms with van der Waals surface area (Å²) < 4.78 is 1.65. The molecule has 0 N–H and O–H groups in total. The largest absolute Gasteiger partial charge is 0.363 e. The predicted molar refractivity (Wildman–Crippen MR) is 108 cm³/mol. The molecule has 1 saturated heterocycles. The Kier molecular flexibility index (Phi) is 5.20. The van der Waals surface area contributed by atoms with E-state index >= 15 is 0 Å². The van der Waals surface area contributed by atoms with Crippen LogP contribution >= 0.6 is 0 Å². The van der Waals surface area contributed by atoms with Gasteiger partial charge in [0.15, 0.2) is 5.82 Å². The van der Waals surface area contributed by atoms with Gasteiger partial charge < -0.3 is 9.80 Å². The van der Waals surface area contributed by atoms with Crippen molar-refractivity contribution in [1.29, 1.82) is 0 Å². The van der Waals surface area contributed by atoms with Gasteiger partial charge in [0, 0.05) is 70.5 Å². The minimum atomic E-state index is 0.0356. The average molecular weight is 392 g/mol. The summed E-state index contributed by atoms with van der Waals surface area (Å²) in [6.07, 6.45) is 10.0. The zero-order valence-corrected chi connectivity index (χ0v) is 16.9. The lowest BCUT2D eigenvalue weighted by Crippen LogP contribution is -2.38. The molecular formula is C20H24N8O. The van der Waals surface area contributed by atoms with E-state index in [0.717, 1.165) is 24.4 Å². The summed E-state index contributed by atoms with van der Waals surface area (Å²) in [6.45, 7) is 1.39. The second kappa shape index (κ2) is 7.94. The molecule has 0 atom stereocenters. The Balaban J connectivity index is 1.53. The molecule has 0 bridgehead atoms. The summed E-state index contributed by atoms with van der Waals surface area (Å²) in [5.74, 6) is 1.72. The van der Waals surface area contributed by atoms with E-state index < -0.39 is 0 Å². The van der Waals surface area contributed by atoms with Crippen LogP contribution in [0.25, 0.3) is 11.5 Å². The molecule has 1 fully saturated rings. The van der Waals surface area contributed by atoms with Crippen molar-refractivity contribution in [1.82, 2.24) is 34.6 Å². The van der Waals surface area contributed by atoms with Crippen LogP contribution in [0.2, 0.25) is 0 Å². The number of aryl methyl sites for hydroxylation is 1. The Labute approximate surface area is 169 Å². The van der Waals surface area contributed by atoms with E-state index in [1.807, 2.05) is 37.0 Å². The van der Waals surface area contributed by atoms with Gasteiger partial charge in [-0.3, -0.25) is 14.5 Å². The number of amides is 1. The van der Waals surface area contributed by atoms with Gasteiger partial charge >= 0.3 is 0 Å². The highest BCUT2D eigenvalue weighted by Crippen LogP contribution is 2.30. The normalized spacial score (nSPS) is 14.8. The number of carbonyl (C=O) groups is 1. The Morgan fingerprint density at radius 3 is 2.55 bits per heavy atom.